The zero-order chi connectivity index (χ0) is 16.2. The molecule has 0 aromatic heterocycles. The van der Waals surface area contributed by atoms with Gasteiger partial charge in [0.15, 0.2) is 0 Å². The van der Waals surface area contributed by atoms with Crippen LogP contribution in [0.3, 0.4) is 0 Å². The van der Waals surface area contributed by atoms with Crippen molar-refractivity contribution < 1.29 is 9.18 Å². The van der Waals surface area contributed by atoms with Crippen LogP contribution >= 0.6 is 0 Å². The maximum atomic E-state index is 13.6. The van der Waals surface area contributed by atoms with Crippen molar-refractivity contribution in [2.24, 2.45) is 5.92 Å². The maximum absolute atomic E-state index is 13.6. The van der Waals surface area contributed by atoms with Crippen LogP contribution in [0.4, 0.5) is 4.39 Å². The minimum Gasteiger partial charge on any atom is -0.339 e. The predicted molar refractivity (Wildman–Crippen MR) is 88.8 cm³/mol. The molecule has 1 atom stereocenters. The standard InChI is InChI=1S/C18H26FN3O/c1-14-2-3-15(11-17(14)19)10-16-4-7-21(12-16)13-18(23)22-8-5-20-6-9-22/h2-3,11,16,20H,4-10,12-13H2,1H3. The van der Waals surface area contributed by atoms with E-state index in [2.05, 4.69) is 10.2 Å². The summed E-state index contributed by atoms with van der Waals surface area (Å²) in [5.74, 6) is 0.646. The first-order valence-corrected chi connectivity index (χ1v) is 8.57. The third kappa shape index (κ3) is 4.30. The molecule has 0 aliphatic carbocycles. The van der Waals surface area contributed by atoms with Crippen molar-refractivity contribution in [1.82, 2.24) is 15.1 Å². The Balaban J connectivity index is 1.48. The fourth-order valence-electron chi connectivity index (χ4n) is 3.53. The zero-order valence-electron chi connectivity index (χ0n) is 13.9. The minimum atomic E-state index is -0.119. The molecule has 1 amide bonds. The molecule has 2 aliphatic rings. The van der Waals surface area contributed by atoms with Crippen LogP contribution in [-0.4, -0.2) is 61.5 Å². The van der Waals surface area contributed by atoms with E-state index in [4.69, 9.17) is 0 Å². The number of nitrogens with one attached hydrogen (secondary N) is 1. The molecule has 2 heterocycles. The Labute approximate surface area is 137 Å². The average molecular weight is 319 g/mol. The molecule has 2 saturated heterocycles. The van der Waals surface area contributed by atoms with Crippen LogP contribution in [0.5, 0.6) is 0 Å². The third-order valence-electron chi connectivity index (χ3n) is 4.96. The van der Waals surface area contributed by atoms with Crippen LogP contribution in [0, 0.1) is 18.7 Å². The van der Waals surface area contributed by atoms with Crippen molar-refractivity contribution in [3.05, 3.63) is 35.1 Å². The summed E-state index contributed by atoms with van der Waals surface area (Å²) in [6.45, 7) is 7.65. The van der Waals surface area contributed by atoms with E-state index in [0.717, 1.165) is 57.7 Å². The molecular weight excluding hydrogens is 293 g/mol. The number of amides is 1. The van der Waals surface area contributed by atoms with Gasteiger partial charge in [-0.05, 0) is 49.4 Å². The molecule has 2 aliphatic heterocycles. The first kappa shape index (κ1) is 16.4. The van der Waals surface area contributed by atoms with E-state index in [1.165, 1.54) is 0 Å². The summed E-state index contributed by atoms with van der Waals surface area (Å²) in [5.41, 5.74) is 1.76. The summed E-state index contributed by atoms with van der Waals surface area (Å²) in [4.78, 5) is 16.5. The summed E-state index contributed by atoms with van der Waals surface area (Å²) in [7, 11) is 0. The number of halogens is 1. The number of hydrogen-bond acceptors (Lipinski definition) is 3. The fraction of sp³-hybridized carbons (Fsp3) is 0.611. The quantitative estimate of drug-likeness (QED) is 0.912. The molecule has 1 aromatic carbocycles. The van der Waals surface area contributed by atoms with Crippen molar-refractivity contribution in [2.75, 3.05) is 45.8 Å². The predicted octanol–water partition coefficient (Wildman–Crippen LogP) is 1.43. The third-order valence-corrected chi connectivity index (χ3v) is 4.96. The number of nitrogens with zero attached hydrogens (tertiary/aromatic N) is 2. The van der Waals surface area contributed by atoms with Gasteiger partial charge in [-0.2, -0.15) is 0 Å². The van der Waals surface area contributed by atoms with Crippen molar-refractivity contribution in [3.63, 3.8) is 0 Å². The Bertz CT molecular complexity index is 557. The Morgan fingerprint density at radius 3 is 2.83 bits per heavy atom. The smallest absolute Gasteiger partial charge is 0.236 e. The van der Waals surface area contributed by atoms with Crippen LogP contribution in [0.2, 0.25) is 0 Å². The molecule has 5 heteroatoms. The van der Waals surface area contributed by atoms with E-state index in [0.29, 0.717) is 18.0 Å². The van der Waals surface area contributed by atoms with Gasteiger partial charge in [0.25, 0.3) is 0 Å². The van der Waals surface area contributed by atoms with Crippen molar-refractivity contribution in [2.45, 2.75) is 19.8 Å². The van der Waals surface area contributed by atoms with Crippen LogP contribution < -0.4 is 5.32 Å². The Morgan fingerprint density at radius 1 is 1.30 bits per heavy atom. The molecule has 0 radical (unpaired) electrons. The lowest BCUT2D eigenvalue weighted by Crippen LogP contribution is -2.49. The number of rotatable bonds is 4. The Kier molecular flexibility index (Phi) is 5.28. The van der Waals surface area contributed by atoms with Gasteiger partial charge < -0.3 is 10.2 Å². The summed E-state index contributed by atoms with van der Waals surface area (Å²) in [6, 6.07) is 5.53. The lowest BCUT2D eigenvalue weighted by atomic mass is 9.98. The summed E-state index contributed by atoms with van der Waals surface area (Å²) in [6.07, 6.45) is 1.99. The van der Waals surface area contributed by atoms with Crippen molar-refractivity contribution in [3.8, 4) is 0 Å². The van der Waals surface area contributed by atoms with Crippen LogP contribution in [0.25, 0.3) is 0 Å². The monoisotopic (exact) mass is 319 g/mol. The highest BCUT2D eigenvalue weighted by molar-refractivity contribution is 5.78. The second-order valence-electron chi connectivity index (χ2n) is 6.81. The molecule has 1 unspecified atom stereocenters. The molecule has 0 saturated carbocycles. The van der Waals surface area contributed by atoms with E-state index in [-0.39, 0.29) is 11.7 Å². The van der Waals surface area contributed by atoms with Gasteiger partial charge in [-0.25, -0.2) is 4.39 Å². The number of likely N-dealkylation sites (tertiary alicyclic amines) is 1. The molecule has 2 fully saturated rings. The van der Waals surface area contributed by atoms with Crippen molar-refractivity contribution >= 4 is 5.91 Å². The highest BCUT2D eigenvalue weighted by Gasteiger charge is 2.26. The van der Waals surface area contributed by atoms with Gasteiger partial charge in [0.05, 0.1) is 6.54 Å². The lowest BCUT2D eigenvalue weighted by Gasteiger charge is -2.29. The second-order valence-corrected chi connectivity index (χ2v) is 6.81. The van der Waals surface area contributed by atoms with Crippen LogP contribution in [-0.2, 0) is 11.2 Å². The van der Waals surface area contributed by atoms with E-state index in [1.807, 2.05) is 17.0 Å². The zero-order valence-corrected chi connectivity index (χ0v) is 13.9. The van der Waals surface area contributed by atoms with E-state index in [1.54, 1.807) is 13.0 Å². The number of piperazine rings is 1. The molecule has 4 nitrogen and oxygen atoms in total. The molecule has 1 aromatic rings. The first-order chi connectivity index (χ1) is 11.1. The molecule has 1 N–H and O–H groups in total. The molecule has 0 spiro atoms. The second kappa shape index (κ2) is 7.41. The number of hydrogen-bond donors (Lipinski definition) is 1. The van der Waals surface area contributed by atoms with Gasteiger partial charge in [0.1, 0.15) is 5.82 Å². The normalized spacial score (nSPS) is 22.5. The van der Waals surface area contributed by atoms with Gasteiger partial charge in [-0.3, -0.25) is 9.69 Å². The summed E-state index contributed by atoms with van der Waals surface area (Å²) in [5, 5.41) is 3.27. The molecule has 23 heavy (non-hydrogen) atoms. The van der Waals surface area contributed by atoms with Crippen LogP contribution in [0.15, 0.2) is 18.2 Å². The topological polar surface area (TPSA) is 35.6 Å². The van der Waals surface area contributed by atoms with Gasteiger partial charge in [-0.15, -0.1) is 0 Å². The highest BCUT2D eigenvalue weighted by Crippen LogP contribution is 2.22. The number of benzene rings is 1. The Morgan fingerprint density at radius 2 is 2.09 bits per heavy atom. The van der Waals surface area contributed by atoms with Gasteiger partial charge in [0, 0.05) is 32.7 Å². The lowest BCUT2D eigenvalue weighted by molar-refractivity contribution is -0.132. The summed E-state index contributed by atoms with van der Waals surface area (Å²) < 4.78 is 13.6. The first-order valence-electron chi connectivity index (χ1n) is 8.57. The number of carbonyl (C=O) groups excluding carboxylic acids is 1. The Hall–Kier alpha value is -1.46. The maximum Gasteiger partial charge on any atom is 0.236 e. The SMILES string of the molecule is Cc1ccc(CC2CCN(CC(=O)N3CCNCC3)C2)cc1F. The fourth-order valence-corrected chi connectivity index (χ4v) is 3.53. The van der Waals surface area contributed by atoms with Crippen molar-refractivity contribution in [1.29, 1.82) is 0 Å². The van der Waals surface area contributed by atoms with E-state index < -0.39 is 0 Å². The number of carbonyl (C=O) groups is 1. The minimum absolute atomic E-state index is 0.119. The van der Waals surface area contributed by atoms with Gasteiger partial charge >= 0.3 is 0 Å². The largest absolute Gasteiger partial charge is 0.339 e. The van der Waals surface area contributed by atoms with Gasteiger partial charge in [-0.1, -0.05) is 12.1 Å². The molecular formula is C18H26FN3O. The molecule has 0 bridgehead atoms. The number of aryl methyl sites for hydroxylation is 1. The van der Waals surface area contributed by atoms with Crippen LogP contribution in [0.1, 0.15) is 17.5 Å². The summed E-state index contributed by atoms with van der Waals surface area (Å²) >= 11 is 0. The van der Waals surface area contributed by atoms with E-state index >= 15 is 0 Å². The van der Waals surface area contributed by atoms with Gasteiger partial charge in [0.2, 0.25) is 5.91 Å². The molecule has 126 valence electrons. The average Bonchev–Trinajstić information content (AvgIpc) is 2.99. The highest BCUT2D eigenvalue weighted by atomic mass is 19.1. The molecule has 3 rings (SSSR count). The van der Waals surface area contributed by atoms with E-state index in [9.17, 15) is 9.18 Å².